The first-order chi connectivity index (χ1) is 15.7. The van der Waals surface area contributed by atoms with Crippen molar-refractivity contribution in [1.29, 1.82) is 0 Å². The number of allylic oxidation sites excluding steroid dienone is 1. The number of anilines is 1. The molecular weight excluding hydrogens is 507 g/mol. The van der Waals surface area contributed by atoms with Crippen molar-refractivity contribution in [2.75, 3.05) is 5.32 Å². The number of carbonyl (C=O) groups excluding carboxylic acids is 1. The summed E-state index contributed by atoms with van der Waals surface area (Å²) in [6, 6.07) is 33.7. The zero-order chi connectivity index (χ0) is 21.9. The van der Waals surface area contributed by atoms with Gasteiger partial charge in [0, 0.05) is 26.6 Å². The van der Waals surface area contributed by atoms with Crippen LogP contribution in [0.1, 0.15) is 27.0 Å². The summed E-state index contributed by atoms with van der Waals surface area (Å²) in [5.74, 6) is 0.0491. The zero-order valence-corrected chi connectivity index (χ0v) is 19.3. The molecule has 5 rings (SSSR count). The molecular formula is C28H19IN2O. The SMILES string of the molecule is O=C1C(c2ccccc2)=C(Nc2ccc(N=Cc3cccc(I)c3)cc2)c2ccccc21. The van der Waals surface area contributed by atoms with E-state index in [1.54, 1.807) is 0 Å². The van der Waals surface area contributed by atoms with Crippen LogP contribution in [0.5, 0.6) is 0 Å². The second-order valence-corrected chi connectivity index (χ2v) is 8.72. The van der Waals surface area contributed by atoms with Gasteiger partial charge in [-0.25, -0.2) is 0 Å². The fourth-order valence-electron chi connectivity index (χ4n) is 3.80. The molecule has 1 aliphatic carbocycles. The van der Waals surface area contributed by atoms with Crippen LogP contribution in [0.15, 0.2) is 108 Å². The Bertz CT molecular complexity index is 1360. The Morgan fingerprint density at radius 2 is 1.47 bits per heavy atom. The standard InChI is InChI=1S/C28H19IN2O/c29-21-10-6-7-19(17-21)18-30-22-13-15-23(16-14-22)31-27-24-11-4-5-12-25(24)28(32)26(27)20-8-2-1-3-9-20/h1-18,31H. The highest BCUT2D eigenvalue weighted by atomic mass is 127. The highest BCUT2D eigenvalue weighted by Crippen LogP contribution is 2.38. The molecule has 1 aliphatic rings. The smallest absolute Gasteiger partial charge is 0.196 e. The Morgan fingerprint density at radius 1 is 0.750 bits per heavy atom. The van der Waals surface area contributed by atoms with E-state index in [1.807, 2.05) is 97.2 Å². The van der Waals surface area contributed by atoms with Crippen LogP contribution in [-0.2, 0) is 0 Å². The third-order valence-corrected chi connectivity index (χ3v) is 6.00. The number of aliphatic imine (C=N–C) groups is 1. The van der Waals surface area contributed by atoms with E-state index in [1.165, 1.54) is 3.57 Å². The van der Waals surface area contributed by atoms with E-state index in [2.05, 4.69) is 45.0 Å². The van der Waals surface area contributed by atoms with E-state index in [9.17, 15) is 4.79 Å². The summed E-state index contributed by atoms with van der Waals surface area (Å²) in [7, 11) is 0. The van der Waals surface area contributed by atoms with Gasteiger partial charge in [0.25, 0.3) is 0 Å². The van der Waals surface area contributed by atoms with Gasteiger partial charge in [-0.2, -0.15) is 0 Å². The van der Waals surface area contributed by atoms with E-state index in [0.29, 0.717) is 5.57 Å². The predicted molar refractivity (Wildman–Crippen MR) is 141 cm³/mol. The molecule has 3 nitrogen and oxygen atoms in total. The van der Waals surface area contributed by atoms with Crippen LogP contribution in [-0.4, -0.2) is 12.0 Å². The zero-order valence-electron chi connectivity index (χ0n) is 17.1. The fourth-order valence-corrected chi connectivity index (χ4v) is 4.37. The first-order valence-corrected chi connectivity index (χ1v) is 11.4. The Balaban J connectivity index is 1.45. The predicted octanol–water partition coefficient (Wildman–Crippen LogP) is 7.22. The molecule has 4 aromatic rings. The molecule has 0 saturated carbocycles. The monoisotopic (exact) mass is 526 g/mol. The van der Waals surface area contributed by atoms with Gasteiger partial charge in [-0.15, -0.1) is 0 Å². The molecule has 0 spiro atoms. The highest BCUT2D eigenvalue weighted by Gasteiger charge is 2.30. The second-order valence-electron chi connectivity index (χ2n) is 7.48. The lowest BCUT2D eigenvalue weighted by atomic mass is 10.0. The lowest BCUT2D eigenvalue weighted by molar-refractivity contribution is 0.105. The van der Waals surface area contributed by atoms with E-state index in [-0.39, 0.29) is 5.78 Å². The molecule has 0 unspecified atom stereocenters. The molecule has 0 bridgehead atoms. The lowest BCUT2D eigenvalue weighted by Gasteiger charge is -2.12. The molecule has 0 aliphatic heterocycles. The summed E-state index contributed by atoms with van der Waals surface area (Å²) in [6.45, 7) is 0. The molecule has 0 atom stereocenters. The molecule has 0 saturated heterocycles. The van der Waals surface area contributed by atoms with Crippen molar-refractivity contribution in [3.63, 3.8) is 0 Å². The van der Waals surface area contributed by atoms with Gasteiger partial charge >= 0.3 is 0 Å². The molecule has 0 fully saturated rings. The third kappa shape index (κ3) is 4.14. The van der Waals surface area contributed by atoms with Crippen molar-refractivity contribution in [1.82, 2.24) is 0 Å². The summed E-state index contributed by atoms with van der Waals surface area (Å²) in [6.07, 6.45) is 1.87. The van der Waals surface area contributed by atoms with E-state index < -0.39 is 0 Å². The second kappa shape index (κ2) is 8.93. The first-order valence-electron chi connectivity index (χ1n) is 10.3. The molecule has 0 amide bonds. The lowest BCUT2D eigenvalue weighted by Crippen LogP contribution is -2.01. The minimum atomic E-state index is 0.0491. The minimum Gasteiger partial charge on any atom is -0.354 e. The van der Waals surface area contributed by atoms with Gasteiger partial charge in [0.15, 0.2) is 5.78 Å². The summed E-state index contributed by atoms with van der Waals surface area (Å²) in [5, 5.41) is 3.49. The van der Waals surface area contributed by atoms with Crippen LogP contribution >= 0.6 is 22.6 Å². The Labute approximate surface area is 200 Å². The van der Waals surface area contributed by atoms with Crippen LogP contribution in [0.2, 0.25) is 0 Å². The van der Waals surface area contributed by atoms with Crippen molar-refractivity contribution >= 4 is 57.2 Å². The third-order valence-electron chi connectivity index (χ3n) is 5.33. The van der Waals surface area contributed by atoms with E-state index in [0.717, 1.165) is 39.3 Å². The van der Waals surface area contributed by atoms with Gasteiger partial charge < -0.3 is 5.32 Å². The van der Waals surface area contributed by atoms with Gasteiger partial charge in [0.05, 0.1) is 17.0 Å². The van der Waals surface area contributed by atoms with Gasteiger partial charge in [0.1, 0.15) is 0 Å². The molecule has 4 heteroatoms. The summed E-state index contributed by atoms with van der Waals surface area (Å²) >= 11 is 2.30. The number of hydrogen-bond acceptors (Lipinski definition) is 3. The molecule has 154 valence electrons. The Kier molecular flexibility index (Phi) is 5.69. The molecule has 4 aromatic carbocycles. The minimum absolute atomic E-state index is 0.0491. The van der Waals surface area contributed by atoms with Crippen LogP contribution < -0.4 is 5.32 Å². The van der Waals surface area contributed by atoms with Crippen molar-refractivity contribution in [2.45, 2.75) is 0 Å². The molecule has 0 radical (unpaired) electrons. The molecule has 0 heterocycles. The largest absolute Gasteiger partial charge is 0.354 e. The van der Waals surface area contributed by atoms with Gasteiger partial charge in [-0.1, -0.05) is 66.7 Å². The maximum absolute atomic E-state index is 13.2. The number of halogens is 1. The number of benzene rings is 4. The topological polar surface area (TPSA) is 41.5 Å². The highest BCUT2D eigenvalue weighted by molar-refractivity contribution is 14.1. The summed E-state index contributed by atoms with van der Waals surface area (Å²) < 4.78 is 1.18. The van der Waals surface area contributed by atoms with Gasteiger partial charge in [-0.3, -0.25) is 9.79 Å². The van der Waals surface area contributed by atoms with Crippen LogP contribution in [0.3, 0.4) is 0 Å². The normalized spacial score (nSPS) is 13.0. The number of hydrogen-bond donors (Lipinski definition) is 1. The summed E-state index contributed by atoms with van der Waals surface area (Å²) in [5.41, 5.74) is 6.96. The maximum atomic E-state index is 13.2. The van der Waals surface area contributed by atoms with Crippen molar-refractivity contribution in [3.05, 3.63) is 129 Å². The van der Waals surface area contributed by atoms with E-state index in [4.69, 9.17) is 0 Å². The number of Topliss-reactive ketones (excluding diaryl/α,β-unsaturated/α-hetero) is 1. The first kappa shape index (κ1) is 20.4. The van der Waals surface area contributed by atoms with Crippen LogP contribution in [0.25, 0.3) is 11.3 Å². The maximum Gasteiger partial charge on any atom is 0.196 e. The van der Waals surface area contributed by atoms with Crippen LogP contribution in [0, 0.1) is 3.57 Å². The average molecular weight is 526 g/mol. The molecule has 32 heavy (non-hydrogen) atoms. The van der Waals surface area contributed by atoms with Crippen LogP contribution in [0.4, 0.5) is 11.4 Å². The Morgan fingerprint density at radius 3 is 2.22 bits per heavy atom. The summed E-state index contributed by atoms with van der Waals surface area (Å²) in [4.78, 5) is 17.8. The van der Waals surface area contributed by atoms with Crippen molar-refractivity contribution in [3.8, 4) is 0 Å². The number of ketones is 1. The van der Waals surface area contributed by atoms with Gasteiger partial charge in [0.2, 0.25) is 0 Å². The van der Waals surface area contributed by atoms with Crippen molar-refractivity contribution < 1.29 is 4.79 Å². The Hall–Kier alpha value is -3.51. The number of fused-ring (bicyclic) bond motifs is 1. The molecule has 0 aromatic heterocycles. The molecule has 1 N–H and O–H groups in total. The van der Waals surface area contributed by atoms with E-state index >= 15 is 0 Å². The fraction of sp³-hybridized carbons (Fsp3) is 0. The van der Waals surface area contributed by atoms with Gasteiger partial charge in [-0.05, 0) is 70.1 Å². The average Bonchev–Trinajstić information content (AvgIpc) is 3.11. The number of rotatable bonds is 5. The number of nitrogens with zero attached hydrogens (tertiary/aromatic N) is 1. The quantitative estimate of drug-likeness (QED) is 0.221. The number of carbonyl (C=O) groups is 1. The van der Waals surface area contributed by atoms with Crippen molar-refractivity contribution in [2.24, 2.45) is 4.99 Å². The number of nitrogens with one attached hydrogen (secondary N) is 1.